The summed E-state index contributed by atoms with van der Waals surface area (Å²) >= 11 is 7.28. The summed E-state index contributed by atoms with van der Waals surface area (Å²) in [5, 5.41) is 5.91. The molecule has 0 spiro atoms. The number of rotatable bonds is 7. The number of benzene rings is 2. The molecule has 138 valence electrons. The highest BCUT2D eigenvalue weighted by atomic mass is 35.5. The van der Waals surface area contributed by atoms with Crippen LogP contribution in [0.4, 0.5) is 5.13 Å². The van der Waals surface area contributed by atoms with Crippen LogP contribution in [0.1, 0.15) is 18.9 Å². The number of hydrogen-bond donors (Lipinski definition) is 1. The summed E-state index contributed by atoms with van der Waals surface area (Å²) in [5.41, 5.74) is 2.62. The molecular weight excluding hydrogens is 380 g/mol. The van der Waals surface area contributed by atoms with Crippen LogP contribution in [0.15, 0.2) is 60.0 Å². The normalized spacial score (nSPS) is 10.9. The van der Waals surface area contributed by atoms with Crippen LogP contribution in [-0.2, 0) is 4.79 Å². The second-order valence-electron chi connectivity index (χ2n) is 5.75. The Labute approximate surface area is 167 Å². The molecule has 4 nitrogen and oxygen atoms in total. The molecule has 0 bridgehead atoms. The first-order valence-corrected chi connectivity index (χ1v) is 9.84. The van der Waals surface area contributed by atoms with Gasteiger partial charge in [-0.15, -0.1) is 11.3 Å². The number of nitrogens with one attached hydrogen (secondary N) is 1. The molecule has 2 aromatic carbocycles. The third-order valence-corrected chi connectivity index (χ3v) is 4.68. The number of nitrogens with zero attached hydrogens (tertiary/aromatic N) is 1. The molecule has 0 fully saturated rings. The van der Waals surface area contributed by atoms with Gasteiger partial charge >= 0.3 is 0 Å². The Morgan fingerprint density at radius 3 is 2.78 bits per heavy atom. The van der Waals surface area contributed by atoms with Crippen LogP contribution in [-0.4, -0.2) is 17.5 Å². The van der Waals surface area contributed by atoms with E-state index < -0.39 is 0 Å². The van der Waals surface area contributed by atoms with E-state index in [4.69, 9.17) is 16.3 Å². The van der Waals surface area contributed by atoms with Crippen molar-refractivity contribution in [3.05, 3.63) is 70.6 Å². The van der Waals surface area contributed by atoms with Crippen molar-refractivity contribution in [1.29, 1.82) is 0 Å². The van der Waals surface area contributed by atoms with E-state index in [-0.39, 0.29) is 5.91 Å². The molecule has 1 N–H and O–H groups in total. The largest absolute Gasteiger partial charge is 0.493 e. The topological polar surface area (TPSA) is 51.2 Å². The zero-order valence-corrected chi connectivity index (χ0v) is 16.4. The van der Waals surface area contributed by atoms with Gasteiger partial charge in [-0.05, 0) is 30.7 Å². The Morgan fingerprint density at radius 1 is 1.22 bits per heavy atom. The van der Waals surface area contributed by atoms with Gasteiger partial charge in [0.25, 0.3) is 0 Å². The van der Waals surface area contributed by atoms with Gasteiger partial charge in [0.2, 0.25) is 5.91 Å². The second kappa shape index (κ2) is 9.35. The first-order chi connectivity index (χ1) is 13.2. The maximum atomic E-state index is 12.2. The summed E-state index contributed by atoms with van der Waals surface area (Å²) in [6.07, 6.45) is 4.16. The lowest BCUT2D eigenvalue weighted by atomic mass is 10.2. The number of thiazole rings is 1. The van der Waals surface area contributed by atoms with Crippen molar-refractivity contribution in [1.82, 2.24) is 4.98 Å². The molecule has 0 saturated heterocycles. The molecule has 1 heterocycles. The quantitative estimate of drug-likeness (QED) is 0.504. The predicted molar refractivity (Wildman–Crippen MR) is 112 cm³/mol. The summed E-state index contributed by atoms with van der Waals surface area (Å²) in [5.74, 6) is 0.528. The highest BCUT2D eigenvalue weighted by Crippen LogP contribution is 2.26. The summed E-state index contributed by atoms with van der Waals surface area (Å²) in [6.45, 7) is 2.70. The average Bonchev–Trinajstić information content (AvgIpc) is 3.14. The molecule has 0 atom stereocenters. The third-order valence-electron chi connectivity index (χ3n) is 3.67. The Kier molecular flexibility index (Phi) is 6.63. The minimum atomic E-state index is -0.239. The first kappa shape index (κ1) is 19.1. The minimum absolute atomic E-state index is 0.239. The number of anilines is 1. The SMILES string of the molecule is CCCOc1ccccc1/C=C/C(=O)Nc1nc(-c2ccc(Cl)cc2)cs1. The van der Waals surface area contributed by atoms with Gasteiger partial charge in [0.15, 0.2) is 5.13 Å². The fraction of sp³-hybridized carbons (Fsp3) is 0.143. The summed E-state index contributed by atoms with van der Waals surface area (Å²) < 4.78 is 5.69. The van der Waals surface area contributed by atoms with Crippen LogP contribution in [0, 0.1) is 0 Å². The lowest BCUT2D eigenvalue weighted by molar-refractivity contribution is -0.111. The van der Waals surface area contributed by atoms with Gasteiger partial charge in [-0.3, -0.25) is 10.1 Å². The summed E-state index contributed by atoms with van der Waals surface area (Å²) in [6, 6.07) is 15.1. The van der Waals surface area contributed by atoms with Crippen molar-refractivity contribution >= 4 is 40.1 Å². The van der Waals surface area contributed by atoms with Gasteiger partial charge in [0.05, 0.1) is 12.3 Å². The van der Waals surface area contributed by atoms with Crippen molar-refractivity contribution in [2.75, 3.05) is 11.9 Å². The number of amides is 1. The maximum absolute atomic E-state index is 12.2. The number of para-hydroxylation sites is 1. The van der Waals surface area contributed by atoms with E-state index in [1.165, 1.54) is 17.4 Å². The fourth-order valence-electron chi connectivity index (χ4n) is 2.36. The molecule has 0 unspecified atom stereocenters. The van der Waals surface area contributed by atoms with E-state index in [2.05, 4.69) is 17.2 Å². The van der Waals surface area contributed by atoms with E-state index in [9.17, 15) is 4.79 Å². The lowest BCUT2D eigenvalue weighted by Gasteiger charge is -2.07. The van der Waals surface area contributed by atoms with Gasteiger partial charge in [0, 0.05) is 27.6 Å². The van der Waals surface area contributed by atoms with Gasteiger partial charge in [-0.25, -0.2) is 4.98 Å². The highest BCUT2D eigenvalue weighted by Gasteiger charge is 2.07. The summed E-state index contributed by atoms with van der Waals surface area (Å²) in [7, 11) is 0. The standard InChI is InChI=1S/C21H19ClN2O2S/c1-2-13-26-19-6-4-3-5-16(19)9-12-20(25)24-21-23-18(14-27-21)15-7-10-17(22)11-8-15/h3-12,14H,2,13H2,1H3,(H,23,24,25)/b12-9+. The van der Waals surface area contributed by atoms with Crippen LogP contribution in [0.3, 0.4) is 0 Å². The number of carbonyl (C=O) groups excluding carboxylic acids is 1. The third kappa shape index (κ3) is 5.42. The van der Waals surface area contributed by atoms with Crippen LogP contribution in [0.5, 0.6) is 5.75 Å². The van der Waals surface area contributed by atoms with Crippen LogP contribution < -0.4 is 10.1 Å². The van der Waals surface area contributed by atoms with Crippen LogP contribution >= 0.6 is 22.9 Å². The predicted octanol–water partition coefficient (Wildman–Crippen LogP) is 5.90. The zero-order valence-electron chi connectivity index (χ0n) is 14.8. The van der Waals surface area contributed by atoms with Crippen molar-refractivity contribution in [2.45, 2.75) is 13.3 Å². The number of halogens is 1. The van der Waals surface area contributed by atoms with Crippen molar-refractivity contribution in [3.63, 3.8) is 0 Å². The molecule has 6 heteroatoms. The second-order valence-corrected chi connectivity index (χ2v) is 7.05. The van der Waals surface area contributed by atoms with Crippen LogP contribution in [0.2, 0.25) is 5.02 Å². The number of carbonyl (C=O) groups is 1. The van der Waals surface area contributed by atoms with Crippen molar-refractivity contribution < 1.29 is 9.53 Å². The van der Waals surface area contributed by atoms with E-state index >= 15 is 0 Å². The van der Waals surface area contributed by atoms with Gasteiger partial charge in [-0.1, -0.05) is 48.9 Å². The Bertz CT molecular complexity index is 935. The van der Waals surface area contributed by atoms with E-state index in [0.717, 1.165) is 29.0 Å². The van der Waals surface area contributed by atoms with Crippen molar-refractivity contribution in [2.24, 2.45) is 0 Å². The Hall–Kier alpha value is -2.63. The molecule has 0 aliphatic heterocycles. The fourth-order valence-corrected chi connectivity index (χ4v) is 3.21. The molecule has 27 heavy (non-hydrogen) atoms. The molecule has 0 aliphatic carbocycles. The smallest absolute Gasteiger partial charge is 0.250 e. The van der Waals surface area contributed by atoms with Gasteiger partial charge < -0.3 is 4.74 Å². The Balaban J connectivity index is 1.65. The van der Waals surface area contributed by atoms with Gasteiger partial charge in [-0.2, -0.15) is 0 Å². The molecule has 1 aromatic heterocycles. The van der Waals surface area contributed by atoms with Gasteiger partial charge in [0.1, 0.15) is 5.75 Å². The molecule has 0 saturated carbocycles. The van der Waals surface area contributed by atoms with E-state index in [1.807, 2.05) is 53.9 Å². The molecule has 1 amide bonds. The number of aromatic nitrogens is 1. The first-order valence-electron chi connectivity index (χ1n) is 8.58. The van der Waals surface area contributed by atoms with Crippen molar-refractivity contribution in [3.8, 4) is 17.0 Å². The van der Waals surface area contributed by atoms with E-state index in [1.54, 1.807) is 6.08 Å². The monoisotopic (exact) mass is 398 g/mol. The number of hydrogen-bond acceptors (Lipinski definition) is 4. The molecule has 3 rings (SSSR count). The lowest BCUT2D eigenvalue weighted by Crippen LogP contribution is -2.07. The zero-order chi connectivity index (χ0) is 19.1. The average molecular weight is 399 g/mol. The molecular formula is C21H19ClN2O2S. The summed E-state index contributed by atoms with van der Waals surface area (Å²) in [4.78, 5) is 16.7. The molecule has 3 aromatic rings. The Morgan fingerprint density at radius 2 is 2.00 bits per heavy atom. The maximum Gasteiger partial charge on any atom is 0.250 e. The molecule has 0 radical (unpaired) electrons. The minimum Gasteiger partial charge on any atom is -0.493 e. The van der Waals surface area contributed by atoms with Crippen LogP contribution in [0.25, 0.3) is 17.3 Å². The number of ether oxygens (including phenoxy) is 1. The van der Waals surface area contributed by atoms with E-state index in [0.29, 0.717) is 16.8 Å². The molecule has 0 aliphatic rings. The highest BCUT2D eigenvalue weighted by molar-refractivity contribution is 7.14.